The van der Waals surface area contributed by atoms with Crippen molar-refractivity contribution in [2.75, 3.05) is 0 Å². The molecule has 9 rings (SSSR count). The van der Waals surface area contributed by atoms with E-state index in [1.807, 2.05) is 63.4 Å². The Morgan fingerprint density at radius 1 is 0.764 bits per heavy atom. The van der Waals surface area contributed by atoms with Gasteiger partial charge in [-0.25, -0.2) is 0 Å². The number of hydrogen-bond donors (Lipinski definition) is 0. The van der Waals surface area contributed by atoms with Gasteiger partial charge in [0.15, 0.2) is 0 Å². The number of pyridine rings is 1. The fraction of sp³-hybridized carbons (Fsp3) is 0.167. The van der Waals surface area contributed by atoms with E-state index in [0.717, 1.165) is 54.4 Å². The molecule has 277 valence electrons. The minimum Gasteiger partial charge on any atom is -0.500 e. The number of benzene rings is 6. The van der Waals surface area contributed by atoms with Crippen LogP contribution in [0.1, 0.15) is 29.1 Å². The third-order valence-corrected chi connectivity index (χ3v) is 13.6. The van der Waals surface area contributed by atoms with Crippen molar-refractivity contribution < 1.29 is 31.7 Å². The maximum Gasteiger partial charge on any atom is 0.120 e. The van der Waals surface area contributed by atoms with Crippen LogP contribution < -0.4 is 4.40 Å². The van der Waals surface area contributed by atoms with Crippen LogP contribution in [0.5, 0.6) is 0 Å². The number of imidazole rings is 1. The molecular weight excluding hydrogens is 918 g/mol. The molecule has 7 heteroatoms. The zero-order chi connectivity index (χ0) is 39.4. The Labute approximate surface area is 341 Å². The van der Waals surface area contributed by atoms with Crippen molar-refractivity contribution >= 4 is 61.4 Å². The molecule has 6 aromatic carbocycles. The first-order valence-electron chi connectivity index (χ1n) is 19.2. The first-order valence-corrected chi connectivity index (χ1v) is 25.5. The summed E-state index contributed by atoms with van der Waals surface area (Å²) in [6.45, 7) is 5.74. The third kappa shape index (κ3) is 7.95. The number of rotatable bonds is 5. The Morgan fingerprint density at radius 3 is 2.20 bits per heavy atom. The molecule has 0 aliphatic heterocycles. The molecule has 3 heterocycles. The Morgan fingerprint density at radius 2 is 1.47 bits per heavy atom. The quantitative estimate of drug-likeness (QED) is 0.128. The SMILES string of the molecule is [2H]C([2H])(c1cc(-c2[c-]cc(F)cc2)nc[c]1[Ge]([CH3])([CH3])[CH3])C(C)(C)C.[Ir].[c-]1cc2oc3ccccc3c2cc1-c1nc2ccc3ccccc3c2n1-c1ccccc1. The molecule has 0 bridgehead atoms. The van der Waals surface area contributed by atoms with Crippen LogP contribution in [0.25, 0.3) is 72.1 Å². The maximum atomic E-state index is 13.1. The van der Waals surface area contributed by atoms with Crippen molar-refractivity contribution in [1.82, 2.24) is 14.5 Å². The molecule has 0 aliphatic rings. The molecule has 0 atom stereocenters. The van der Waals surface area contributed by atoms with Gasteiger partial charge in [-0.2, -0.15) is 0 Å². The van der Waals surface area contributed by atoms with Crippen LogP contribution in [0.3, 0.4) is 0 Å². The van der Waals surface area contributed by atoms with E-state index in [-0.39, 0.29) is 25.9 Å². The van der Waals surface area contributed by atoms with Crippen molar-refractivity contribution in [2.24, 2.45) is 5.41 Å². The van der Waals surface area contributed by atoms with E-state index in [0.29, 0.717) is 16.8 Å². The second kappa shape index (κ2) is 15.3. The first-order chi connectivity index (χ1) is 26.7. The molecule has 0 amide bonds. The molecule has 0 N–H and O–H groups in total. The standard InChI is InChI=1S/C29H17N2O.C19H25FGeN.Ir/c1-2-9-21(10-3-1)31-28-22-11-5-4-8-19(22)14-16-25(28)30-29(31)20-15-17-27-24(18-20)23-12-6-7-13-26(23)32-27;1-19(2,3)12-15-11-18(14-7-9-16(20)10-8-14)22-13-17(15)21(4,5)6;/h1-14,16-18H;7,9-11,13H,12H2,1-6H3;/q2*-1;/i;12D2;. The van der Waals surface area contributed by atoms with Crippen molar-refractivity contribution in [2.45, 2.75) is 44.4 Å². The summed E-state index contributed by atoms with van der Waals surface area (Å²) in [7, 11) is 0. The van der Waals surface area contributed by atoms with Gasteiger partial charge >= 0.3 is 139 Å². The molecule has 0 aliphatic carbocycles. The van der Waals surface area contributed by atoms with Crippen LogP contribution in [0.15, 0.2) is 138 Å². The van der Waals surface area contributed by atoms with Gasteiger partial charge in [-0.05, 0) is 29.7 Å². The molecule has 0 fully saturated rings. The van der Waals surface area contributed by atoms with E-state index in [4.69, 9.17) is 12.1 Å². The summed E-state index contributed by atoms with van der Waals surface area (Å²) < 4.78 is 39.9. The van der Waals surface area contributed by atoms with Crippen molar-refractivity contribution in [3.8, 4) is 28.3 Å². The van der Waals surface area contributed by atoms with Crippen LogP contribution in [0.4, 0.5) is 4.39 Å². The average molecular weight is 963 g/mol. The van der Waals surface area contributed by atoms with Crippen LogP contribution in [0.2, 0.25) is 17.3 Å². The Kier molecular flexibility index (Phi) is 9.98. The molecule has 1 radical (unpaired) electrons. The van der Waals surface area contributed by atoms with Crippen LogP contribution in [-0.4, -0.2) is 27.8 Å². The molecule has 55 heavy (non-hydrogen) atoms. The molecule has 4 nitrogen and oxygen atoms in total. The third-order valence-electron chi connectivity index (χ3n) is 9.38. The Bertz CT molecular complexity index is 2880. The summed E-state index contributed by atoms with van der Waals surface area (Å²) in [5.41, 5.74) is 7.29. The topological polar surface area (TPSA) is 43.9 Å². The van der Waals surface area contributed by atoms with Crippen LogP contribution in [0, 0.1) is 23.4 Å². The van der Waals surface area contributed by atoms with E-state index in [9.17, 15) is 4.39 Å². The van der Waals surface area contributed by atoms with E-state index < -0.39 is 25.1 Å². The Hall–Kier alpha value is -4.88. The summed E-state index contributed by atoms with van der Waals surface area (Å²) in [5, 5.41) is 4.56. The molecule has 0 spiro atoms. The molecule has 0 saturated heterocycles. The van der Waals surface area contributed by atoms with Gasteiger partial charge in [-0.15, -0.1) is 23.8 Å². The summed E-state index contributed by atoms with van der Waals surface area (Å²) in [4.78, 5) is 9.61. The second-order valence-corrected chi connectivity index (χ2v) is 26.2. The number of para-hydroxylation sites is 2. The number of hydrogen-bond acceptors (Lipinski definition) is 3. The average Bonchev–Trinajstić information content (AvgIpc) is 3.77. The summed E-state index contributed by atoms with van der Waals surface area (Å²) >= 11 is -2.31. The second-order valence-electron chi connectivity index (χ2n) is 15.6. The first kappa shape index (κ1) is 35.8. The van der Waals surface area contributed by atoms with Gasteiger partial charge in [0.1, 0.15) is 5.58 Å². The summed E-state index contributed by atoms with van der Waals surface area (Å²) in [6.07, 6.45) is 0.337. The van der Waals surface area contributed by atoms with Gasteiger partial charge < -0.3 is 8.98 Å². The number of halogens is 1. The van der Waals surface area contributed by atoms with E-state index >= 15 is 0 Å². The molecular formula is C48H42FGeIrN3O-2. The fourth-order valence-electron chi connectivity index (χ4n) is 6.92. The summed E-state index contributed by atoms with van der Waals surface area (Å²) in [5.74, 6) is 7.24. The largest absolute Gasteiger partial charge is 0.500 e. The van der Waals surface area contributed by atoms with Crippen molar-refractivity contribution in [1.29, 1.82) is 0 Å². The monoisotopic (exact) mass is 964 g/mol. The predicted molar refractivity (Wildman–Crippen MR) is 225 cm³/mol. The normalized spacial score (nSPS) is 12.6. The molecule has 3 aromatic heterocycles. The fourth-order valence-corrected chi connectivity index (χ4v) is 9.85. The molecule has 0 unspecified atom stereocenters. The number of furan rings is 1. The molecule has 0 saturated carbocycles. The van der Waals surface area contributed by atoms with Gasteiger partial charge in [0.05, 0.1) is 22.4 Å². The van der Waals surface area contributed by atoms with Gasteiger partial charge in [-0.1, -0.05) is 72.1 Å². The minimum absolute atomic E-state index is 0. The Balaban J connectivity index is 0.000000179. The van der Waals surface area contributed by atoms with Crippen LogP contribution in [-0.2, 0) is 26.5 Å². The maximum absolute atomic E-state index is 13.1. The van der Waals surface area contributed by atoms with E-state index in [2.05, 4.69) is 112 Å². The van der Waals surface area contributed by atoms with E-state index in [1.54, 1.807) is 6.07 Å². The smallest absolute Gasteiger partial charge is 0.120 e. The van der Waals surface area contributed by atoms with Gasteiger partial charge in [0, 0.05) is 36.6 Å². The number of aromatic nitrogens is 3. The van der Waals surface area contributed by atoms with Gasteiger partial charge in [0.2, 0.25) is 0 Å². The minimum atomic E-state index is -2.31. The zero-order valence-corrected chi connectivity index (χ0v) is 36.2. The number of nitrogens with zero attached hydrogens (tertiary/aromatic N) is 3. The van der Waals surface area contributed by atoms with Crippen molar-refractivity contribution in [3.63, 3.8) is 0 Å². The van der Waals surface area contributed by atoms with Crippen LogP contribution >= 0.6 is 0 Å². The number of fused-ring (bicyclic) bond motifs is 6. The van der Waals surface area contributed by atoms with Crippen molar-refractivity contribution in [3.05, 3.63) is 157 Å². The predicted octanol–water partition coefficient (Wildman–Crippen LogP) is 12.4. The molecule has 9 aromatic rings. The zero-order valence-electron chi connectivity index (χ0n) is 33.7. The van der Waals surface area contributed by atoms with Gasteiger partial charge in [0.25, 0.3) is 0 Å². The summed E-state index contributed by atoms with van der Waals surface area (Å²) in [6, 6.07) is 47.8. The van der Waals surface area contributed by atoms with E-state index in [1.165, 1.54) is 22.9 Å². The van der Waals surface area contributed by atoms with Gasteiger partial charge in [-0.3, -0.25) is 4.98 Å².